The summed E-state index contributed by atoms with van der Waals surface area (Å²) in [5.74, 6) is 1.67. The average molecular weight is 312 g/mol. The molecule has 1 N–H and O–H groups in total. The first-order valence-electron chi connectivity index (χ1n) is 8.12. The van der Waals surface area contributed by atoms with Crippen LogP contribution in [0.5, 0.6) is 11.5 Å². The standard InChI is InChI=1S/C18H20N2O3/c21-18(20-8-2-4-15(20)14-3-1-7-19-14)12-13-5-6-16-17(11-13)23-10-9-22-16/h1,3,5-7,11,15,19H,2,4,8-10,12H2/t15-/m1/s1. The molecule has 0 radical (unpaired) electrons. The Labute approximate surface area is 135 Å². The monoisotopic (exact) mass is 312 g/mol. The molecule has 23 heavy (non-hydrogen) atoms. The van der Waals surface area contributed by atoms with Gasteiger partial charge in [0.15, 0.2) is 11.5 Å². The molecule has 1 saturated heterocycles. The number of ether oxygens (including phenoxy) is 2. The zero-order chi connectivity index (χ0) is 15.6. The van der Waals surface area contributed by atoms with Crippen LogP contribution in [-0.4, -0.2) is 35.5 Å². The summed E-state index contributed by atoms with van der Waals surface area (Å²) in [5.41, 5.74) is 2.09. The van der Waals surface area contributed by atoms with Crippen LogP contribution in [-0.2, 0) is 11.2 Å². The number of nitrogens with zero attached hydrogens (tertiary/aromatic N) is 1. The summed E-state index contributed by atoms with van der Waals surface area (Å²) < 4.78 is 11.1. The van der Waals surface area contributed by atoms with E-state index in [1.165, 1.54) is 0 Å². The van der Waals surface area contributed by atoms with Crippen molar-refractivity contribution in [3.63, 3.8) is 0 Å². The van der Waals surface area contributed by atoms with E-state index in [4.69, 9.17) is 9.47 Å². The fourth-order valence-corrected chi connectivity index (χ4v) is 3.41. The van der Waals surface area contributed by atoms with Crippen molar-refractivity contribution in [2.45, 2.75) is 25.3 Å². The van der Waals surface area contributed by atoms with Gasteiger partial charge in [-0.15, -0.1) is 0 Å². The predicted octanol–water partition coefficient (Wildman–Crippen LogP) is 2.69. The van der Waals surface area contributed by atoms with E-state index in [0.717, 1.165) is 42.1 Å². The van der Waals surface area contributed by atoms with Crippen molar-refractivity contribution in [3.05, 3.63) is 47.8 Å². The molecule has 2 aliphatic heterocycles. The van der Waals surface area contributed by atoms with Crippen LogP contribution in [0.4, 0.5) is 0 Å². The van der Waals surface area contributed by atoms with E-state index < -0.39 is 0 Å². The van der Waals surface area contributed by atoms with Crippen LogP contribution < -0.4 is 9.47 Å². The molecule has 0 saturated carbocycles. The molecule has 4 rings (SSSR count). The van der Waals surface area contributed by atoms with Gasteiger partial charge in [0, 0.05) is 18.4 Å². The van der Waals surface area contributed by atoms with Crippen molar-refractivity contribution in [1.82, 2.24) is 9.88 Å². The summed E-state index contributed by atoms with van der Waals surface area (Å²) >= 11 is 0. The topological polar surface area (TPSA) is 54.6 Å². The van der Waals surface area contributed by atoms with Crippen molar-refractivity contribution < 1.29 is 14.3 Å². The van der Waals surface area contributed by atoms with Crippen molar-refractivity contribution >= 4 is 5.91 Å². The zero-order valence-corrected chi connectivity index (χ0v) is 13.0. The Kier molecular flexibility index (Phi) is 3.69. The molecule has 1 amide bonds. The van der Waals surface area contributed by atoms with E-state index >= 15 is 0 Å². The highest BCUT2D eigenvalue weighted by Crippen LogP contribution is 2.33. The lowest BCUT2D eigenvalue weighted by Gasteiger charge is -2.24. The van der Waals surface area contributed by atoms with Gasteiger partial charge in [-0.1, -0.05) is 6.07 Å². The number of H-pyrrole nitrogens is 1. The van der Waals surface area contributed by atoms with Gasteiger partial charge in [0.1, 0.15) is 13.2 Å². The Morgan fingerprint density at radius 1 is 1.22 bits per heavy atom. The number of rotatable bonds is 3. The third-order valence-corrected chi connectivity index (χ3v) is 4.52. The highest BCUT2D eigenvalue weighted by Gasteiger charge is 2.30. The van der Waals surface area contributed by atoms with Gasteiger partial charge in [-0.2, -0.15) is 0 Å². The largest absolute Gasteiger partial charge is 0.486 e. The summed E-state index contributed by atoms with van der Waals surface area (Å²) in [6, 6.07) is 9.98. The fourth-order valence-electron chi connectivity index (χ4n) is 3.41. The van der Waals surface area contributed by atoms with Gasteiger partial charge in [-0.25, -0.2) is 0 Å². The molecule has 2 aromatic rings. The number of aromatic nitrogens is 1. The maximum absolute atomic E-state index is 12.7. The number of carbonyl (C=O) groups is 1. The van der Waals surface area contributed by atoms with Crippen molar-refractivity contribution in [2.24, 2.45) is 0 Å². The van der Waals surface area contributed by atoms with Crippen LogP contribution in [0.25, 0.3) is 0 Å². The van der Waals surface area contributed by atoms with Gasteiger partial charge in [-0.3, -0.25) is 4.79 Å². The number of amides is 1. The van der Waals surface area contributed by atoms with E-state index in [9.17, 15) is 4.79 Å². The summed E-state index contributed by atoms with van der Waals surface area (Å²) in [4.78, 5) is 18.0. The van der Waals surface area contributed by atoms with Gasteiger partial charge in [0.2, 0.25) is 5.91 Å². The van der Waals surface area contributed by atoms with Crippen molar-refractivity contribution in [2.75, 3.05) is 19.8 Å². The summed E-state index contributed by atoms with van der Waals surface area (Å²) in [6.07, 6.45) is 4.38. The Bertz CT molecular complexity index is 696. The quantitative estimate of drug-likeness (QED) is 0.948. The minimum absolute atomic E-state index is 0.166. The average Bonchev–Trinajstić information content (AvgIpc) is 3.25. The Morgan fingerprint density at radius 2 is 2.09 bits per heavy atom. The van der Waals surface area contributed by atoms with Crippen LogP contribution in [0.1, 0.15) is 30.1 Å². The molecule has 3 heterocycles. The summed E-state index contributed by atoms with van der Waals surface area (Å²) in [7, 11) is 0. The first-order chi connectivity index (χ1) is 11.3. The molecular formula is C18H20N2O3. The predicted molar refractivity (Wildman–Crippen MR) is 85.6 cm³/mol. The minimum atomic E-state index is 0.166. The molecule has 1 fully saturated rings. The van der Waals surface area contributed by atoms with Crippen LogP contribution in [0.3, 0.4) is 0 Å². The van der Waals surface area contributed by atoms with Crippen LogP contribution in [0.15, 0.2) is 36.5 Å². The number of aromatic amines is 1. The maximum Gasteiger partial charge on any atom is 0.227 e. The van der Waals surface area contributed by atoms with Gasteiger partial charge >= 0.3 is 0 Å². The van der Waals surface area contributed by atoms with E-state index in [2.05, 4.69) is 11.1 Å². The number of fused-ring (bicyclic) bond motifs is 1. The summed E-state index contributed by atoms with van der Waals surface area (Å²) in [5, 5.41) is 0. The zero-order valence-electron chi connectivity index (χ0n) is 13.0. The Morgan fingerprint density at radius 3 is 2.91 bits per heavy atom. The lowest BCUT2D eigenvalue weighted by Crippen LogP contribution is -2.32. The molecule has 5 nitrogen and oxygen atoms in total. The molecule has 1 atom stereocenters. The molecule has 1 aromatic carbocycles. The number of hydrogen-bond donors (Lipinski definition) is 1. The van der Waals surface area contributed by atoms with Gasteiger partial charge in [0.05, 0.1) is 12.5 Å². The highest BCUT2D eigenvalue weighted by atomic mass is 16.6. The van der Waals surface area contributed by atoms with Gasteiger partial charge in [-0.05, 0) is 42.7 Å². The third-order valence-electron chi connectivity index (χ3n) is 4.52. The number of hydrogen-bond acceptors (Lipinski definition) is 3. The second-order valence-electron chi connectivity index (χ2n) is 6.03. The summed E-state index contributed by atoms with van der Waals surface area (Å²) in [6.45, 7) is 1.97. The first-order valence-corrected chi connectivity index (χ1v) is 8.12. The number of nitrogens with one attached hydrogen (secondary N) is 1. The van der Waals surface area contributed by atoms with Crippen molar-refractivity contribution in [1.29, 1.82) is 0 Å². The van der Waals surface area contributed by atoms with E-state index in [1.807, 2.05) is 35.4 Å². The number of likely N-dealkylation sites (tertiary alicyclic amines) is 1. The van der Waals surface area contributed by atoms with Gasteiger partial charge in [0.25, 0.3) is 0 Å². The fraction of sp³-hybridized carbons (Fsp3) is 0.389. The minimum Gasteiger partial charge on any atom is -0.486 e. The third kappa shape index (κ3) is 2.79. The normalized spacial score (nSPS) is 19.8. The molecule has 0 aliphatic carbocycles. The Hall–Kier alpha value is -2.43. The van der Waals surface area contributed by atoms with Crippen molar-refractivity contribution in [3.8, 4) is 11.5 Å². The second-order valence-corrected chi connectivity index (χ2v) is 6.03. The maximum atomic E-state index is 12.7. The lowest BCUT2D eigenvalue weighted by atomic mass is 10.1. The van der Waals surface area contributed by atoms with E-state index in [-0.39, 0.29) is 11.9 Å². The lowest BCUT2D eigenvalue weighted by molar-refractivity contribution is -0.131. The Balaban J connectivity index is 1.49. The molecule has 2 aliphatic rings. The SMILES string of the molecule is O=C(Cc1ccc2c(c1)OCCO2)N1CCC[C@@H]1c1ccc[nH]1. The molecule has 0 spiro atoms. The van der Waals surface area contributed by atoms with Crippen LogP contribution >= 0.6 is 0 Å². The van der Waals surface area contributed by atoms with Crippen LogP contribution in [0, 0.1) is 0 Å². The molecule has 0 unspecified atom stereocenters. The highest BCUT2D eigenvalue weighted by molar-refractivity contribution is 5.79. The smallest absolute Gasteiger partial charge is 0.227 e. The van der Waals surface area contributed by atoms with E-state index in [0.29, 0.717) is 19.6 Å². The molecular weight excluding hydrogens is 292 g/mol. The molecule has 0 bridgehead atoms. The van der Waals surface area contributed by atoms with Crippen LogP contribution in [0.2, 0.25) is 0 Å². The first kappa shape index (κ1) is 14.2. The number of benzene rings is 1. The second kappa shape index (κ2) is 5.99. The molecule has 1 aromatic heterocycles. The molecule has 120 valence electrons. The van der Waals surface area contributed by atoms with E-state index in [1.54, 1.807) is 0 Å². The molecule has 5 heteroatoms. The number of carbonyl (C=O) groups excluding carboxylic acids is 1. The van der Waals surface area contributed by atoms with Gasteiger partial charge < -0.3 is 19.4 Å².